The molecule has 2 aliphatic rings. The SMILES string of the molecule is C1=C(c2ccc(-c3c4ccccc4c(-c4ccccc4)c4ccccc34)cc2)CC2C(=C1)Oc1c2ccc2cc3sc4ccccc4c3cc12. The maximum Gasteiger partial charge on any atom is 0.138 e. The molecule has 0 N–H and O–H groups in total. The largest absolute Gasteiger partial charge is 0.460 e. The van der Waals surface area contributed by atoms with Crippen molar-refractivity contribution >= 4 is 69.4 Å². The highest BCUT2D eigenvalue weighted by Gasteiger charge is 2.33. The lowest BCUT2D eigenvalue weighted by molar-refractivity contribution is 0.430. The van der Waals surface area contributed by atoms with Crippen molar-refractivity contribution in [3.8, 4) is 28.0 Å². The van der Waals surface area contributed by atoms with Gasteiger partial charge < -0.3 is 4.74 Å². The molecule has 11 rings (SSSR count). The first-order valence-electron chi connectivity index (χ1n) is 17.3. The van der Waals surface area contributed by atoms with E-state index in [0.717, 1.165) is 17.9 Å². The van der Waals surface area contributed by atoms with Crippen LogP contribution in [0.1, 0.15) is 23.5 Å². The molecule has 2 heteroatoms. The molecule has 8 aromatic carbocycles. The molecule has 0 saturated heterocycles. The number of hydrogen-bond acceptors (Lipinski definition) is 2. The van der Waals surface area contributed by atoms with Crippen molar-refractivity contribution < 1.29 is 4.74 Å². The summed E-state index contributed by atoms with van der Waals surface area (Å²) >= 11 is 1.87. The molecule has 1 aliphatic heterocycles. The number of hydrogen-bond donors (Lipinski definition) is 0. The molecule has 234 valence electrons. The zero-order valence-electron chi connectivity index (χ0n) is 27.2. The van der Waals surface area contributed by atoms with Crippen molar-refractivity contribution in [3.63, 3.8) is 0 Å². The summed E-state index contributed by atoms with van der Waals surface area (Å²) in [6, 6.07) is 55.8. The predicted octanol–water partition coefficient (Wildman–Crippen LogP) is 13.7. The Bertz CT molecular complexity index is 2850. The van der Waals surface area contributed by atoms with Crippen LogP contribution in [-0.2, 0) is 0 Å². The first-order chi connectivity index (χ1) is 24.8. The van der Waals surface area contributed by atoms with Gasteiger partial charge in [0, 0.05) is 37.0 Å². The van der Waals surface area contributed by atoms with Gasteiger partial charge in [-0.1, -0.05) is 140 Å². The Hall–Kier alpha value is -5.96. The van der Waals surface area contributed by atoms with Crippen molar-refractivity contribution in [1.82, 2.24) is 0 Å². The van der Waals surface area contributed by atoms with Gasteiger partial charge in [0.2, 0.25) is 0 Å². The van der Waals surface area contributed by atoms with Crippen LogP contribution in [0.5, 0.6) is 5.75 Å². The van der Waals surface area contributed by atoms with Crippen LogP contribution in [0.25, 0.3) is 80.3 Å². The van der Waals surface area contributed by atoms with Crippen LogP contribution in [0.2, 0.25) is 0 Å². The maximum absolute atomic E-state index is 6.67. The quantitative estimate of drug-likeness (QED) is 0.172. The van der Waals surface area contributed by atoms with E-state index in [1.54, 1.807) is 0 Å². The van der Waals surface area contributed by atoms with Gasteiger partial charge >= 0.3 is 0 Å². The zero-order chi connectivity index (χ0) is 32.8. The van der Waals surface area contributed by atoms with E-state index in [2.05, 4.69) is 164 Å². The molecule has 1 atom stereocenters. The second-order valence-electron chi connectivity index (χ2n) is 13.6. The summed E-state index contributed by atoms with van der Waals surface area (Å²) in [5.41, 5.74) is 8.97. The number of benzene rings is 8. The van der Waals surface area contributed by atoms with E-state index in [9.17, 15) is 0 Å². The van der Waals surface area contributed by atoms with Crippen molar-refractivity contribution in [1.29, 1.82) is 0 Å². The molecule has 0 saturated carbocycles. The third-order valence-electron chi connectivity index (χ3n) is 10.8. The lowest BCUT2D eigenvalue weighted by atomic mass is 9.83. The summed E-state index contributed by atoms with van der Waals surface area (Å²) in [6.07, 6.45) is 5.38. The van der Waals surface area contributed by atoms with Crippen molar-refractivity contribution in [2.24, 2.45) is 0 Å². The van der Waals surface area contributed by atoms with Gasteiger partial charge in [-0.15, -0.1) is 11.3 Å². The molecule has 2 heterocycles. The summed E-state index contributed by atoms with van der Waals surface area (Å²) in [6.45, 7) is 0. The van der Waals surface area contributed by atoms with Crippen molar-refractivity contribution in [3.05, 3.63) is 181 Å². The van der Waals surface area contributed by atoms with Gasteiger partial charge in [0.1, 0.15) is 11.5 Å². The first kappa shape index (κ1) is 27.9. The molecule has 1 aromatic heterocycles. The maximum atomic E-state index is 6.67. The average molecular weight is 655 g/mol. The predicted molar refractivity (Wildman–Crippen MR) is 213 cm³/mol. The Labute approximate surface area is 294 Å². The Morgan fingerprint density at radius 2 is 1.06 bits per heavy atom. The topological polar surface area (TPSA) is 9.23 Å². The minimum atomic E-state index is 0.224. The molecular weight excluding hydrogens is 625 g/mol. The molecule has 0 bridgehead atoms. The number of allylic oxidation sites excluding steroid dienone is 4. The Balaban J connectivity index is 0.971. The molecule has 1 nitrogen and oxygen atoms in total. The van der Waals surface area contributed by atoms with E-state index < -0.39 is 0 Å². The summed E-state index contributed by atoms with van der Waals surface area (Å²) in [7, 11) is 0. The lowest BCUT2D eigenvalue weighted by Gasteiger charge is -2.20. The molecule has 1 unspecified atom stereocenters. The lowest BCUT2D eigenvalue weighted by Crippen LogP contribution is -2.04. The highest BCUT2D eigenvalue weighted by molar-refractivity contribution is 7.25. The second-order valence-corrected chi connectivity index (χ2v) is 14.6. The minimum absolute atomic E-state index is 0.224. The van der Waals surface area contributed by atoms with Crippen LogP contribution in [-0.4, -0.2) is 0 Å². The molecule has 0 radical (unpaired) electrons. The monoisotopic (exact) mass is 654 g/mol. The Morgan fingerprint density at radius 3 is 1.76 bits per heavy atom. The van der Waals surface area contributed by atoms with E-state index in [-0.39, 0.29) is 5.92 Å². The summed E-state index contributed by atoms with van der Waals surface area (Å²) in [5.74, 6) is 2.31. The third-order valence-corrected chi connectivity index (χ3v) is 12.0. The zero-order valence-corrected chi connectivity index (χ0v) is 28.0. The number of fused-ring (bicyclic) bond motifs is 10. The summed E-state index contributed by atoms with van der Waals surface area (Å²) < 4.78 is 9.32. The van der Waals surface area contributed by atoms with E-state index >= 15 is 0 Å². The van der Waals surface area contributed by atoms with Gasteiger partial charge in [0.05, 0.1) is 0 Å². The fraction of sp³-hybridized carbons (Fsp3) is 0.0417. The average Bonchev–Trinajstić information content (AvgIpc) is 3.74. The van der Waals surface area contributed by atoms with Crippen LogP contribution in [0.3, 0.4) is 0 Å². The number of ether oxygens (including phenoxy) is 1. The van der Waals surface area contributed by atoms with Gasteiger partial charge in [-0.3, -0.25) is 0 Å². The molecule has 0 spiro atoms. The molecule has 1 aliphatic carbocycles. The molecule has 50 heavy (non-hydrogen) atoms. The molecule has 0 amide bonds. The highest BCUT2D eigenvalue weighted by atomic mass is 32.1. The summed E-state index contributed by atoms with van der Waals surface area (Å²) in [5, 5.41) is 10.2. The van der Waals surface area contributed by atoms with Gasteiger partial charge in [-0.05, 0) is 91.0 Å². The van der Waals surface area contributed by atoms with E-state index in [1.807, 2.05) is 11.3 Å². The van der Waals surface area contributed by atoms with Gasteiger partial charge in [0.25, 0.3) is 0 Å². The van der Waals surface area contributed by atoms with Crippen LogP contribution in [0.15, 0.2) is 170 Å². The highest BCUT2D eigenvalue weighted by Crippen LogP contribution is 2.52. The fourth-order valence-corrected chi connectivity index (χ4v) is 9.65. The number of rotatable bonds is 3. The second kappa shape index (κ2) is 10.8. The molecular formula is C48H30OS. The first-order valence-corrected chi connectivity index (χ1v) is 18.2. The van der Waals surface area contributed by atoms with Crippen LogP contribution in [0.4, 0.5) is 0 Å². The van der Waals surface area contributed by atoms with Gasteiger partial charge in [0.15, 0.2) is 0 Å². The van der Waals surface area contributed by atoms with Crippen molar-refractivity contribution in [2.75, 3.05) is 0 Å². The van der Waals surface area contributed by atoms with E-state index in [4.69, 9.17) is 4.74 Å². The fourth-order valence-electron chi connectivity index (χ4n) is 8.51. The number of thiophene rings is 1. The van der Waals surface area contributed by atoms with Crippen molar-refractivity contribution in [2.45, 2.75) is 12.3 Å². The van der Waals surface area contributed by atoms with Crippen LogP contribution >= 0.6 is 11.3 Å². The smallest absolute Gasteiger partial charge is 0.138 e. The van der Waals surface area contributed by atoms with Crippen LogP contribution in [0, 0.1) is 0 Å². The Kier molecular flexibility index (Phi) is 6.02. The third kappa shape index (κ3) is 4.12. The normalized spacial score (nSPS) is 15.3. The molecule has 0 fully saturated rings. The van der Waals surface area contributed by atoms with Gasteiger partial charge in [-0.25, -0.2) is 0 Å². The van der Waals surface area contributed by atoms with E-state index in [1.165, 1.54) is 91.4 Å². The summed E-state index contributed by atoms with van der Waals surface area (Å²) in [4.78, 5) is 0. The standard InChI is InChI=1S/C48H30OS/c1-2-10-30(11-3-1)46-35-13-4-6-15-37(35)47(38-16-7-5-14-36(38)46)31-20-18-29(19-21-31)32-23-25-43-41(26-32)39-24-22-33-27-45-42(28-40(33)48(39)49-43)34-12-8-9-17-44(34)50-45/h1-25,27-28,41H,26H2. The Morgan fingerprint density at radius 1 is 0.460 bits per heavy atom. The van der Waals surface area contributed by atoms with Gasteiger partial charge in [-0.2, -0.15) is 0 Å². The molecule has 9 aromatic rings. The van der Waals surface area contributed by atoms with E-state index in [0.29, 0.717) is 0 Å². The minimum Gasteiger partial charge on any atom is -0.460 e. The van der Waals surface area contributed by atoms with Crippen LogP contribution < -0.4 is 4.74 Å².